The Morgan fingerprint density at radius 2 is 2.00 bits per heavy atom. The Balaban J connectivity index is 2.96. The minimum Gasteiger partial charge on any atom is -0.488 e. The molecule has 3 nitrogen and oxygen atoms in total. The highest BCUT2D eigenvalue weighted by Gasteiger charge is 2.14. The van der Waals surface area contributed by atoms with E-state index in [1.165, 1.54) is 12.1 Å². The molecule has 76 valence electrons. The van der Waals surface area contributed by atoms with Crippen LogP contribution in [0.15, 0.2) is 18.2 Å². The Morgan fingerprint density at radius 3 is 2.50 bits per heavy atom. The van der Waals surface area contributed by atoms with E-state index in [2.05, 4.69) is 0 Å². The maximum atomic E-state index is 13.1. The Hall–Kier alpha value is -1.07. The summed E-state index contributed by atoms with van der Waals surface area (Å²) in [7, 11) is -1.61. The molecular formula is C9H12BFO3. The molecule has 0 atom stereocenters. The van der Waals surface area contributed by atoms with Crippen molar-refractivity contribution >= 4 is 12.6 Å². The molecule has 0 heterocycles. The molecule has 0 bridgehead atoms. The second kappa shape index (κ2) is 4.44. The number of rotatable bonds is 3. The molecule has 0 aromatic heterocycles. The summed E-state index contributed by atoms with van der Waals surface area (Å²) in [6.07, 6.45) is -0.157. The molecule has 0 aliphatic rings. The van der Waals surface area contributed by atoms with Gasteiger partial charge in [0.05, 0.1) is 6.10 Å². The topological polar surface area (TPSA) is 49.7 Å². The molecule has 1 aromatic rings. The lowest BCUT2D eigenvalue weighted by atomic mass is 9.80. The summed E-state index contributed by atoms with van der Waals surface area (Å²) in [4.78, 5) is 0. The molecular weight excluding hydrogens is 186 g/mol. The van der Waals surface area contributed by atoms with Crippen molar-refractivity contribution in [1.29, 1.82) is 0 Å². The highest BCUT2D eigenvalue weighted by molar-refractivity contribution is 6.58. The highest BCUT2D eigenvalue weighted by Crippen LogP contribution is 2.15. The van der Waals surface area contributed by atoms with E-state index in [1.807, 2.05) is 0 Å². The summed E-state index contributed by atoms with van der Waals surface area (Å²) in [5, 5.41) is 17.7. The lowest BCUT2D eigenvalue weighted by Crippen LogP contribution is -2.30. The average molecular weight is 198 g/mol. The minimum absolute atomic E-state index is 0.0330. The van der Waals surface area contributed by atoms with E-state index in [0.717, 1.165) is 6.07 Å². The van der Waals surface area contributed by atoms with Gasteiger partial charge in [-0.25, -0.2) is 4.39 Å². The van der Waals surface area contributed by atoms with Gasteiger partial charge in [0.2, 0.25) is 0 Å². The van der Waals surface area contributed by atoms with E-state index < -0.39 is 12.9 Å². The number of halogens is 1. The van der Waals surface area contributed by atoms with Crippen LogP contribution >= 0.6 is 0 Å². The molecule has 1 aromatic carbocycles. The number of benzene rings is 1. The van der Waals surface area contributed by atoms with Crippen LogP contribution in [-0.2, 0) is 0 Å². The quantitative estimate of drug-likeness (QED) is 0.686. The van der Waals surface area contributed by atoms with Crippen molar-refractivity contribution in [2.24, 2.45) is 0 Å². The molecule has 2 N–H and O–H groups in total. The largest absolute Gasteiger partial charge is 0.488 e. The Kier molecular flexibility index (Phi) is 3.49. The van der Waals surface area contributed by atoms with Gasteiger partial charge in [-0.2, -0.15) is 0 Å². The van der Waals surface area contributed by atoms with Crippen LogP contribution in [-0.4, -0.2) is 23.3 Å². The van der Waals surface area contributed by atoms with Gasteiger partial charge in [0.25, 0.3) is 0 Å². The third kappa shape index (κ3) is 2.72. The summed E-state index contributed by atoms with van der Waals surface area (Å²) in [5.74, 6) is -0.478. The van der Waals surface area contributed by atoms with Gasteiger partial charge < -0.3 is 14.8 Å². The van der Waals surface area contributed by atoms with Gasteiger partial charge in [0, 0.05) is 0 Å². The molecule has 0 aliphatic heterocycles. The van der Waals surface area contributed by atoms with Gasteiger partial charge in [-0.3, -0.25) is 0 Å². The zero-order chi connectivity index (χ0) is 10.7. The van der Waals surface area contributed by atoms with Crippen molar-refractivity contribution in [2.45, 2.75) is 20.0 Å². The Labute approximate surface area is 82.3 Å². The lowest BCUT2D eigenvalue weighted by molar-refractivity contribution is 0.231. The summed E-state index contributed by atoms with van der Waals surface area (Å²) in [5.41, 5.74) is 0.210. The van der Waals surface area contributed by atoms with Crippen molar-refractivity contribution in [3.63, 3.8) is 0 Å². The van der Waals surface area contributed by atoms with Gasteiger partial charge in [0.15, 0.2) is 11.6 Å². The fourth-order valence-corrected chi connectivity index (χ4v) is 1.02. The second-order valence-corrected chi connectivity index (χ2v) is 3.23. The molecule has 0 spiro atoms. The average Bonchev–Trinajstić information content (AvgIpc) is 2.07. The van der Waals surface area contributed by atoms with Gasteiger partial charge in [-0.1, -0.05) is 6.07 Å². The summed E-state index contributed by atoms with van der Waals surface area (Å²) in [6.45, 7) is 3.53. The summed E-state index contributed by atoms with van der Waals surface area (Å²) >= 11 is 0. The van der Waals surface area contributed by atoms with E-state index in [-0.39, 0.29) is 17.3 Å². The number of hydrogen-bond acceptors (Lipinski definition) is 3. The highest BCUT2D eigenvalue weighted by atomic mass is 19.1. The SMILES string of the molecule is CC(C)Oc1cc(B(O)O)ccc1F. The Morgan fingerprint density at radius 1 is 1.36 bits per heavy atom. The van der Waals surface area contributed by atoms with Crippen LogP contribution in [0.1, 0.15) is 13.8 Å². The van der Waals surface area contributed by atoms with Crippen molar-refractivity contribution < 1.29 is 19.2 Å². The molecule has 14 heavy (non-hydrogen) atoms. The third-order valence-electron chi connectivity index (χ3n) is 1.62. The van der Waals surface area contributed by atoms with Crippen LogP contribution in [0.3, 0.4) is 0 Å². The second-order valence-electron chi connectivity index (χ2n) is 3.23. The van der Waals surface area contributed by atoms with Crippen LogP contribution in [0.2, 0.25) is 0 Å². The molecule has 0 amide bonds. The summed E-state index contributed by atoms with van der Waals surface area (Å²) < 4.78 is 18.2. The molecule has 0 aliphatic carbocycles. The van der Waals surface area contributed by atoms with Gasteiger partial charge in [-0.15, -0.1) is 0 Å². The van der Waals surface area contributed by atoms with E-state index in [1.54, 1.807) is 13.8 Å². The van der Waals surface area contributed by atoms with Crippen LogP contribution < -0.4 is 10.2 Å². The smallest absolute Gasteiger partial charge is 0.488 e. The predicted octanol–water partition coefficient (Wildman–Crippen LogP) is 0.293. The van der Waals surface area contributed by atoms with E-state index in [4.69, 9.17) is 14.8 Å². The molecule has 0 saturated carbocycles. The van der Waals surface area contributed by atoms with Crippen molar-refractivity contribution in [3.8, 4) is 5.75 Å². The van der Waals surface area contributed by atoms with Gasteiger partial charge in [-0.05, 0) is 31.4 Å². The molecule has 0 saturated heterocycles. The predicted molar refractivity (Wildman–Crippen MR) is 52.0 cm³/mol. The maximum Gasteiger partial charge on any atom is 0.488 e. The first-order chi connectivity index (χ1) is 6.50. The van der Waals surface area contributed by atoms with Crippen molar-refractivity contribution in [2.75, 3.05) is 0 Å². The normalized spacial score (nSPS) is 10.4. The first kappa shape index (κ1) is 11.0. The van der Waals surface area contributed by atoms with Crippen LogP contribution in [0.5, 0.6) is 5.75 Å². The first-order valence-electron chi connectivity index (χ1n) is 4.33. The number of ether oxygens (including phenoxy) is 1. The molecule has 0 fully saturated rings. The molecule has 0 unspecified atom stereocenters. The lowest BCUT2D eigenvalue weighted by Gasteiger charge is -2.11. The van der Waals surface area contributed by atoms with Gasteiger partial charge >= 0.3 is 7.12 Å². The minimum atomic E-state index is -1.61. The molecule has 0 radical (unpaired) electrons. The first-order valence-corrected chi connectivity index (χ1v) is 4.33. The zero-order valence-corrected chi connectivity index (χ0v) is 8.07. The maximum absolute atomic E-state index is 13.1. The van der Waals surface area contributed by atoms with Crippen molar-refractivity contribution in [3.05, 3.63) is 24.0 Å². The van der Waals surface area contributed by atoms with E-state index in [0.29, 0.717) is 0 Å². The monoisotopic (exact) mass is 198 g/mol. The number of hydrogen-bond donors (Lipinski definition) is 2. The van der Waals surface area contributed by atoms with Gasteiger partial charge in [0.1, 0.15) is 0 Å². The molecule has 1 rings (SSSR count). The van der Waals surface area contributed by atoms with E-state index in [9.17, 15) is 4.39 Å². The van der Waals surface area contributed by atoms with Crippen LogP contribution in [0.4, 0.5) is 4.39 Å². The zero-order valence-electron chi connectivity index (χ0n) is 8.07. The van der Waals surface area contributed by atoms with Crippen LogP contribution in [0.25, 0.3) is 0 Å². The molecule has 5 heteroatoms. The van der Waals surface area contributed by atoms with Crippen molar-refractivity contribution in [1.82, 2.24) is 0 Å². The Bertz CT molecular complexity index is 315. The van der Waals surface area contributed by atoms with Crippen LogP contribution in [0, 0.1) is 5.82 Å². The fraction of sp³-hybridized carbons (Fsp3) is 0.333. The van der Waals surface area contributed by atoms with E-state index >= 15 is 0 Å². The summed E-state index contributed by atoms with van der Waals surface area (Å²) in [6, 6.07) is 3.72. The standard InChI is InChI=1S/C9H12BFO3/c1-6(2)14-9-5-7(10(12)13)3-4-8(9)11/h3-6,12-13H,1-2H3. The fourth-order valence-electron chi connectivity index (χ4n) is 1.02. The third-order valence-corrected chi connectivity index (χ3v) is 1.62.